The lowest BCUT2D eigenvalue weighted by molar-refractivity contribution is -0.118. The second-order valence-corrected chi connectivity index (χ2v) is 5.50. The van der Waals surface area contributed by atoms with Crippen molar-refractivity contribution < 1.29 is 28.5 Å². The summed E-state index contributed by atoms with van der Waals surface area (Å²) in [5.74, 6) is 2.87. The van der Waals surface area contributed by atoms with Crippen molar-refractivity contribution in [3.63, 3.8) is 0 Å². The summed E-state index contributed by atoms with van der Waals surface area (Å²) in [6, 6.07) is 10.5. The van der Waals surface area contributed by atoms with Crippen molar-refractivity contribution in [2.75, 3.05) is 38.4 Å². The van der Waals surface area contributed by atoms with Gasteiger partial charge in [0.2, 0.25) is 0 Å². The highest BCUT2D eigenvalue weighted by molar-refractivity contribution is 5.92. The van der Waals surface area contributed by atoms with E-state index < -0.39 is 0 Å². The summed E-state index contributed by atoms with van der Waals surface area (Å²) in [5, 5.41) is 2.77. The van der Waals surface area contributed by atoms with Crippen LogP contribution in [0.3, 0.4) is 0 Å². The maximum atomic E-state index is 12.1. The molecule has 0 aromatic heterocycles. The molecule has 1 amide bonds. The van der Waals surface area contributed by atoms with E-state index in [1.54, 1.807) is 36.4 Å². The predicted molar refractivity (Wildman–Crippen MR) is 89.0 cm³/mol. The molecule has 0 radical (unpaired) electrons. The number of fused-ring (bicyclic) bond motifs is 2. The maximum Gasteiger partial charge on any atom is 0.262 e. The van der Waals surface area contributed by atoms with Gasteiger partial charge in [0, 0.05) is 17.8 Å². The minimum absolute atomic E-state index is 0.117. The fourth-order valence-corrected chi connectivity index (χ4v) is 2.58. The van der Waals surface area contributed by atoms with Gasteiger partial charge in [0.15, 0.2) is 29.6 Å². The van der Waals surface area contributed by atoms with Gasteiger partial charge in [-0.05, 0) is 24.3 Å². The van der Waals surface area contributed by atoms with Crippen molar-refractivity contribution in [3.05, 3.63) is 36.4 Å². The fourth-order valence-electron chi connectivity index (χ4n) is 2.58. The molecule has 7 heteroatoms. The highest BCUT2D eigenvalue weighted by Gasteiger charge is 2.14. The Bertz CT molecular complexity index is 791. The van der Waals surface area contributed by atoms with Gasteiger partial charge >= 0.3 is 0 Å². The number of nitrogens with one attached hydrogen (secondary N) is 1. The molecular formula is C18H17NO6. The van der Waals surface area contributed by atoms with Crippen LogP contribution in [0, 0.1) is 0 Å². The first kappa shape index (κ1) is 15.4. The minimum atomic E-state index is -0.272. The van der Waals surface area contributed by atoms with Gasteiger partial charge in [0.25, 0.3) is 5.91 Å². The molecule has 130 valence electrons. The third kappa shape index (κ3) is 3.55. The zero-order chi connectivity index (χ0) is 17.1. The van der Waals surface area contributed by atoms with Crippen LogP contribution in [0.2, 0.25) is 0 Å². The van der Waals surface area contributed by atoms with Crippen LogP contribution in [0.25, 0.3) is 0 Å². The van der Waals surface area contributed by atoms with Crippen LogP contribution < -0.4 is 29.0 Å². The number of ether oxygens (including phenoxy) is 5. The second kappa shape index (κ2) is 6.80. The molecule has 2 aliphatic rings. The summed E-state index contributed by atoms with van der Waals surface area (Å²) in [6.45, 7) is 1.94. The molecule has 2 aliphatic heterocycles. The van der Waals surface area contributed by atoms with Crippen LogP contribution in [0.5, 0.6) is 28.7 Å². The number of amides is 1. The van der Waals surface area contributed by atoms with Gasteiger partial charge in [-0.25, -0.2) is 0 Å². The van der Waals surface area contributed by atoms with Crippen LogP contribution in [0.15, 0.2) is 36.4 Å². The van der Waals surface area contributed by atoms with E-state index in [-0.39, 0.29) is 12.5 Å². The van der Waals surface area contributed by atoms with E-state index >= 15 is 0 Å². The second-order valence-electron chi connectivity index (χ2n) is 5.50. The summed E-state index contributed by atoms with van der Waals surface area (Å²) in [4.78, 5) is 12.1. The molecule has 7 nitrogen and oxygen atoms in total. The first-order chi connectivity index (χ1) is 12.3. The van der Waals surface area contributed by atoms with Crippen LogP contribution >= 0.6 is 0 Å². The molecule has 2 aromatic carbocycles. The smallest absolute Gasteiger partial charge is 0.262 e. The van der Waals surface area contributed by atoms with Gasteiger partial charge in [-0.2, -0.15) is 0 Å². The van der Waals surface area contributed by atoms with Crippen molar-refractivity contribution in [2.24, 2.45) is 0 Å². The Hall–Kier alpha value is -3.09. The monoisotopic (exact) mass is 343 g/mol. The molecule has 0 unspecified atom stereocenters. The Balaban J connectivity index is 1.35. The third-order valence-electron chi connectivity index (χ3n) is 3.71. The Morgan fingerprint density at radius 2 is 1.44 bits per heavy atom. The molecule has 0 saturated heterocycles. The summed E-state index contributed by atoms with van der Waals surface area (Å²) in [7, 11) is 0. The van der Waals surface area contributed by atoms with E-state index in [0.717, 1.165) is 0 Å². The number of rotatable bonds is 4. The average Bonchev–Trinajstić information content (AvgIpc) is 2.66. The van der Waals surface area contributed by atoms with Gasteiger partial charge in [-0.15, -0.1) is 0 Å². The van der Waals surface area contributed by atoms with Crippen molar-refractivity contribution in [1.29, 1.82) is 0 Å². The first-order valence-electron chi connectivity index (χ1n) is 8.00. The van der Waals surface area contributed by atoms with E-state index in [0.29, 0.717) is 60.9 Å². The Morgan fingerprint density at radius 3 is 2.16 bits per heavy atom. The Kier molecular flexibility index (Phi) is 4.20. The fraction of sp³-hybridized carbons (Fsp3) is 0.278. The van der Waals surface area contributed by atoms with Crippen molar-refractivity contribution in [1.82, 2.24) is 0 Å². The number of benzene rings is 2. The van der Waals surface area contributed by atoms with Crippen LogP contribution in [-0.4, -0.2) is 38.9 Å². The van der Waals surface area contributed by atoms with E-state index in [4.69, 9.17) is 23.7 Å². The van der Waals surface area contributed by atoms with Gasteiger partial charge in [-0.3, -0.25) is 4.79 Å². The number of hydrogen-bond acceptors (Lipinski definition) is 6. The number of hydrogen-bond donors (Lipinski definition) is 1. The van der Waals surface area contributed by atoms with E-state index in [1.165, 1.54) is 0 Å². The zero-order valence-electron chi connectivity index (χ0n) is 13.4. The van der Waals surface area contributed by atoms with E-state index in [2.05, 4.69) is 5.32 Å². The predicted octanol–water partition coefficient (Wildman–Crippen LogP) is 2.25. The van der Waals surface area contributed by atoms with Crippen molar-refractivity contribution in [2.45, 2.75) is 0 Å². The van der Waals surface area contributed by atoms with Gasteiger partial charge in [-0.1, -0.05) is 0 Å². The molecule has 0 spiro atoms. The molecule has 1 N–H and O–H groups in total. The largest absolute Gasteiger partial charge is 0.486 e. The standard InChI is InChI=1S/C18H17NO6/c20-18(19-12-1-3-14-16(9-12)23-7-5-21-14)11-25-13-2-4-15-17(10-13)24-8-6-22-15/h1-4,9-10H,5-8,11H2,(H,19,20). The summed E-state index contributed by atoms with van der Waals surface area (Å²) in [6.07, 6.45) is 0. The van der Waals surface area contributed by atoms with Crippen LogP contribution in [0.4, 0.5) is 5.69 Å². The highest BCUT2D eigenvalue weighted by atomic mass is 16.6. The molecule has 0 saturated carbocycles. The summed E-state index contributed by atoms with van der Waals surface area (Å²) < 4.78 is 27.4. The molecule has 0 bridgehead atoms. The number of carbonyl (C=O) groups excluding carboxylic acids is 1. The quantitative estimate of drug-likeness (QED) is 0.918. The zero-order valence-corrected chi connectivity index (χ0v) is 13.4. The van der Waals surface area contributed by atoms with Crippen LogP contribution in [-0.2, 0) is 4.79 Å². The average molecular weight is 343 g/mol. The topological polar surface area (TPSA) is 75.3 Å². The molecule has 0 aliphatic carbocycles. The molecule has 4 rings (SSSR count). The van der Waals surface area contributed by atoms with Crippen molar-refractivity contribution in [3.8, 4) is 28.7 Å². The molecule has 2 aromatic rings. The van der Waals surface area contributed by atoms with E-state index in [9.17, 15) is 4.79 Å². The first-order valence-corrected chi connectivity index (χ1v) is 8.00. The van der Waals surface area contributed by atoms with Gasteiger partial charge < -0.3 is 29.0 Å². The van der Waals surface area contributed by atoms with Gasteiger partial charge in [0.1, 0.15) is 32.2 Å². The highest BCUT2D eigenvalue weighted by Crippen LogP contribution is 2.34. The Labute approximate surface area is 144 Å². The molecule has 2 heterocycles. The minimum Gasteiger partial charge on any atom is -0.486 e. The SMILES string of the molecule is O=C(COc1ccc2c(c1)OCCO2)Nc1ccc2c(c1)OCCO2. The van der Waals surface area contributed by atoms with Crippen LogP contribution in [0.1, 0.15) is 0 Å². The Morgan fingerprint density at radius 1 is 0.840 bits per heavy atom. The normalized spacial score (nSPS) is 14.6. The number of anilines is 1. The molecule has 25 heavy (non-hydrogen) atoms. The lowest BCUT2D eigenvalue weighted by Gasteiger charge is -2.19. The maximum absolute atomic E-state index is 12.1. The van der Waals surface area contributed by atoms with Gasteiger partial charge in [0.05, 0.1) is 0 Å². The lowest BCUT2D eigenvalue weighted by atomic mass is 10.2. The summed E-state index contributed by atoms with van der Waals surface area (Å²) in [5.41, 5.74) is 0.625. The van der Waals surface area contributed by atoms with Crippen molar-refractivity contribution >= 4 is 11.6 Å². The lowest BCUT2D eigenvalue weighted by Crippen LogP contribution is -2.21. The number of carbonyl (C=O) groups is 1. The molecule has 0 fully saturated rings. The summed E-state index contributed by atoms with van der Waals surface area (Å²) >= 11 is 0. The van der Waals surface area contributed by atoms with E-state index in [1.807, 2.05) is 0 Å². The molecular weight excluding hydrogens is 326 g/mol. The third-order valence-corrected chi connectivity index (χ3v) is 3.71. The molecule has 0 atom stereocenters.